The van der Waals surface area contributed by atoms with Gasteiger partial charge in [0.25, 0.3) is 5.91 Å². The van der Waals surface area contributed by atoms with Crippen molar-refractivity contribution in [2.45, 2.75) is 6.92 Å². The molecule has 0 aliphatic carbocycles. The van der Waals surface area contributed by atoms with Crippen molar-refractivity contribution in [3.63, 3.8) is 0 Å². The van der Waals surface area contributed by atoms with E-state index < -0.39 is 17.8 Å². The molecule has 0 aliphatic rings. The minimum absolute atomic E-state index is 0.00251. The molecule has 0 saturated heterocycles. The summed E-state index contributed by atoms with van der Waals surface area (Å²) in [6.45, 7) is 2.24. The quantitative estimate of drug-likeness (QED) is 0.801. The summed E-state index contributed by atoms with van der Waals surface area (Å²) in [6.07, 6.45) is 0. The third kappa shape index (κ3) is 4.10. The maximum Gasteiger partial charge on any atom is 0.255 e. The Morgan fingerprint density at radius 2 is 1.58 bits per heavy atom. The molecule has 7 nitrogen and oxygen atoms in total. The molecule has 1 N–H and O–H groups in total. The van der Waals surface area contributed by atoms with Gasteiger partial charge in [0.2, 0.25) is 0 Å². The Morgan fingerprint density at radius 1 is 0.958 bits per heavy atom. The monoisotopic (exact) mass is 327 g/mol. The summed E-state index contributed by atoms with van der Waals surface area (Å²) in [5.41, 5.74) is -0.484. The first-order chi connectivity index (χ1) is 11.4. The molecule has 24 heavy (non-hydrogen) atoms. The standard InChI is InChI=1S/C17H15NO6/c1-2-24-14-5-3-4-10(9-14)15(19)18-13-7-11(16(20)21)6-12(8-13)17(22)23/h3-9H,2H2,1H3,(H,18,19)(H,20,21)(H,22,23)/p-2. The van der Waals surface area contributed by atoms with Crippen LogP contribution in [0.15, 0.2) is 42.5 Å². The number of hydrogen-bond acceptors (Lipinski definition) is 6. The van der Waals surface area contributed by atoms with Crippen LogP contribution in [-0.2, 0) is 0 Å². The summed E-state index contributed by atoms with van der Waals surface area (Å²) >= 11 is 0. The lowest BCUT2D eigenvalue weighted by Crippen LogP contribution is -2.26. The Morgan fingerprint density at radius 3 is 2.12 bits per heavy atom. The fourth-order valence-electron chi connectivity index (χ4n) is 2.03. The fourth-order valence-corrected chi connectivity index (χ4v) is 2.03. The van der Waals surface area contributed by atoms with Crippen LogP contribution in [0.4, 0.5) is 5.69 Å². The van der Waals surface area contributed by atoms with Crippen LogP contribution in [0.3, 0.4) is 0 Å². The van der Waals surface area contributed by atoms with Gasteiger partial charge in [-0.3, -0.25) is 4.79 Å². The molecule has 0 unspecified atom stereocenters. The van der Waals surface area contributed by atoms with Crippen molar-refractivity contribution in [2.75, 3.05) is 11.9 Å². The van der Waals surface area contributed by atoms with Crippen LogP contribution < -0.4 is 20.3 Å². The number of carboxylic acids is 2. The zero-order chi connectivity index (χ0) is 17.7. The Bertz CT molecular complexity index is 767. The number of nitrogens with one attached hydrogen (secondary N) is 1. The molecular weight excluding hydrogens is 314 g/mol. The minimum Gasteiger partial charge on any atom is -0.545 e. The molecule has 7 heteroatoms. The zero-order valence-electron chi connectivity index (χ0n) is 12.7. The van der Waals surface area contributed by atoms with Gasteiger partial charge in [0.05, 0.1) is 18.5 Å². The van der Waals surface area contributed by atoms with E-state index in [-0.39, 0.29) is 22.4 Å². The van der Waals surface area contributed by atoms with Crippen LogP contribution >= 0.6 is 0 Å². The first kappa shape index (κ1) is 17.0. The molecule has 2 aromatic carbocycles. The molecule has 0 bridgehead atoms. The van der Waals surface area contributed by atoms with Crippen molar-refractivity contribution in [3.05, 3.63) is 59.2 Å². The highest BCUT2D eigenvalue weighted by molar-refractivity contribution is 6.05. The number of carbonyl (C=O) groups is 3. The van der Waals surface area contributed by atoms with Gasteiger partial charge < -0.3 is 29.9 Å². The molecule has 0 saturated carbocycles. The van der Waals surface area contributed by atoms with Gasteiger partial charge in [-0.25, -0.2) is 0 Å². The fraction of sp³-hybridized carbons (Fsp3) is 0.118. The zero-order valence-corrected chi connectivity index (χ0v) is 12.7. The summed E-state index contributed by atoms with van der Waals surface area (Å²) in [5.74, 6) is -3.17. The molecule has 2 rings (SSSR count). The smallest absolute Gasteiger partial charge is 0.255 e. The number of anilines is 1. The van der Waals surface area contributed by atoms with Crippen molar-refractivity contribution in [3.8, 4) is 5.75 Å². The van der Waals surface area contributed by atoms with Crippen LogP contribution in [0, 0.1) is 0 Å². The molecule has 0 spiro atoms. The van der Waals surface area contributed by atoms with Crippen LogP contribution in [0.2, 0.25) is 0 Å². The van der Waals surface area contributed by atoms with E-state index in [2.05, 4.69) is 5.32 Å². The first-order valence-electron chi connectivity index (χ1n) is 7.02. The number of ether oxygens (including phenoxy) is 1. The predicted molar refractivity (Wildman–Crippen MR) is 80.7 cm³/mol. The lowest BCUT2D eigenvalue weighted by Gasteiger charge is -2.12. The summed E-state index contributed by atoms with van der Waals surface area (Å²) < 4.78 is 5.30. The van der Waals surface area contributed by atoms with Gasteiger partial charge in [-0.15, -0.1) is 0 Å². The lowest BCUT2D eigenvalue weighted by molar-refractivity contribution is -0.255. The Labute approximate surface area is 137 Å². The van der Waals surface area contributed by atoms with Gasteiger partial charge in [0.1, 0.15) is 5.75 Å². The topological polar surface area (TPSA) is 119 Å². The van der Waals surface area contributed by atoms with Crippen molar-refractivity contribution >= 4 is 23.5 Å². The van der Waals surface area contributed by atoms with Gasteiger partial charge in [-0.2, -0.15) is 0 Å². The third-order valence-electron chi connectivity index (χ3n) is 3.07. The molecular formula is C17H13NO6-2. The number of amides is 1. The van der Waals surface area contributed by atoms with E-state index in [0.717, 1.165) is 18.2 Å². The maximum atomic E-state index is 12.2. The van der Waals surface area contributed by atoms with Gasteiger partial charge in [0.15, 0.2) is 0 Å². The van der Waals surface area contributed by atoms with E-state index in [0.29, 0.717) is 12.4 Å². The van der Waals surface area contributed by atoms with Gasteiger partial charge in [-0.1, -0.05) is 6.07 Å². The molecule has 0 aliphatic heterocycles. The average molecular weight is 327 g/mol. The largest absolute Gasteiger partial charge is 0.545 e. The molecule has 2 aromatic rings. The number of rotatable bonds is 6. The van der Waals surface area contributed by atoms with E-state index in [1.54, 1.807) is 25.1 Å². The Balaban J connectivity index is 2.29. The van der Waals surface area contributed by atoms with Crippen LogP contribution in [-0.4, -0.2) is 24.5 Å². The molecule has 0 radical (unpaired) electrons. The highest BCUT2D eigenvalue weighted by Gasteiger charge is 2.10. The summed E-state index contributed by atoms with van der Waals surface area (Å²) in [7, 11) is 0. The van der Waals surface area contributed by atoms with Crippen LogP contribution in [0.1, 0.15) is 38.0 Å². The van der Waals surface area contributed by atoms with E-state index in [1.807, 2.05) is 0 Å². The number of hydrogen-bond donors (Lipinski definition) is 1. The van der Waals surface area contributed by atoms with Crippen molar-refractivity contribution in [2.24, 2.45) is 0 Å². The summed E-state index contributed by atoms with van der Waals surface area (Å²) in [4.78, 5) is 34.1. The second-order valence-electron chi connectivity index (χ2n) is 4.79. The highest BCUT2D eigenvalue weighted by atomic mass is 16.5. The second-order valence-corrected chi connectivity index (χ2v) is 4.79. The average Bonchev–Trinajstić information content (AvgIpc) is 2.55. The first-order valence-corrected chi connectivity index (χ1v) is 7.02. The molecule has 0 aromatic heterocycles. The Hall–Kier alpha value is -3.35. The Kier molecular flexibility index (Phi) is 5.16. The molecule has 0 atom stereocenters. The van der Waals surface area contributed by atoms with E-state index >= 15 is 0 Å². The number of aromatic carboxylic acids is 2. The lowest BCUT2D eigenvalue weighted by atomic mass is 10.1. The highest BCUT2D eigenvalue weighted by Crippen LogP contribution is 2.18. The van der Waals surface area contributed by atoms with Crippen molar-refractivity contribution in [1.29, 1.82) is 0 Å². The number of carbonyl (C=O) groups excluding carboxylic acids is 3. The molecule has 124 valence electrons. The van der Waals surface area contributed by atoms with Gasteiger partial charge >= 0.3 is 0 Å². The van der Waals surface area contributed by atoms with E-state index in [1.165, 1.54) is 6.07 Å². The minimum atomic E-state index is -1.56. The van der Waals surface area contributed by atoms with Crippen molar-refractivity contribution in [1.82, 2.24) is 0 Å². The van der Waals surface area contributed by atoms with E-state index in [9.17, 15) is 24.6 Å². The van der Waals surface area contributed by atoms with E-state index in [4.69, 9.17) is 4.74 Å². The SMILES string of the molecule is CCOc1cccc(C(=O)Nc2cc(C(=O)[O-])cc(C(=O)[O-])c2)c1. The maximum absolute atomic E-state index is 12.2. The molecule has 0 fully saturated rings. The third-order valence-corrected chi connectivity index (χ3v) is 3.07. The summed E-state index contributed by atoms with van der Waals surface area (Å²) in [5, 5.41) is 24.3. The van der Waals surface area contributed by atoms with Crippen LogP contribution in [0.5, 0.6) is 5.75 Å². The summed E-state index contributed by atoms with van der Waals surface area (Å²) in [6, 6.07) is 9.48. The van der Waals surface area contributed by atoms with Gasteiger partial charge in [-0.05, 0) is 54.4 Å². The number of benzene rings is 2. The number of carboxylic acid groups (broad SMARTS) is 2. The predicted octanol–water partition coefficient (Wildman–Crippen LogP) is 0.0646. The molecule has 1 amide bonds. The molecule has 0 heterocycles. The van der Waals surface area contributed by atoms with Crippen molar-refractivity contribution < 1.29 is 29.3 Å². The van der Waals surface area contributed by atoms with Crippen LogP contribution in [0.25, 0.3) is 0 Å². The van der Waals surface area contributed by atoms with Gasteiger partial charge in [0, 0.05) is 11.3 Å². The second kappa shape index (κ2) is 7.28. The normalized spacial score (nSPS) is 10.0.